The summed E-state index contributed by atoms with van der Waals surface area (Å²) in [7, 11) is 0. The topological polar surface area (TPSA) is 88.8 Å². The molecule has 0 bridgehead atoms. The minimum Gasteiger partial charge on any atom is -0.444 e. The van der Waals surface area contributed by atoms with Crippen LogP contribution in [0.5, 0.6) is 0 Å². The molecule has 8 nitrogen and oxygen atoms in total. The fraction of sp³-hybridized carbons (Fsp3) is 0.462. The number of fused-ring (bicyclic) bond motifs is 1. The molecule has 1 aliphatic heterocycles. The van der Waals surface area contributed by atoms with E-state index in [0.29, 0.717) is 18.1 Å². The summed E-state index contributed by atoms with van der Waals surface area (Å²) in [6, 6.07) is 9.62. The number of nitrogens with one attached hydrogen (secondary N) is 1. The monoisotopic (exact) mass is 497 g/mol. The van der Waals surface area contributed by atoms with E-state index in [0.717, 1.165) is 35.6 Å². The molecule has 0 unspecified atom stereocenters. The van der Waals surface area contributed by atoms with Gasteiger partial charge in [-0.05, 0) is 71.7 Å². The number of ether oxygens (including phenoxy) is 1. The highest BCUT2D eigenvalue weighted by Crippen LogP contribution is 2.29. The Hall–Kier alpha value is -3.13. The third kappa shape index (κ3) is 5.75. The van der Waals surface area contributed by atoms with E-state index in [1.54, 1.807) is 40.8 Å². The first-order valence-electron chi connectivity index (χ1n) is 11.8. The summed E-state index contributed by atoms with van der Waals surface area (Å²) in [6.45, 7) is 9.96. The molecule has 0 saturated carbocycles. The quantitative estimate of drug-likeness (QED) is 0.544. The number of likely N-dealkylation sites (tertiary alicyclic amines) is 1. The summed E-state index contributed by atoms with van der Waals surface area (Å²) < 4.78 is 7.27. The van der Waals surface area contributed by atoms with E-state index in [9.17, 15) is 9.59 Å². The maximum absolute atomic E-state index is 13.3. The Bertz CT molecular complexity index is 1250. The Labute approximate surface area is 210 Å². The van der Waals surface area contributed by atoms with Crippen molar-refractivity contribution in [3.63, 3.8) is 0 Å². The Morgan fingerprint density at radius 3 is 2.66 bits per heavy atom. The lowest BCUT2D eigenvalue weighted by Gasteiger charge is -2.38. The summed E-state index contributed by atoms with van der Waals surface area (Å²) in [5.74, 6) is -0.0478. The highest BCUT2D eigenvalue weighted by atomic mass is 35.5. The van der Waals surface area contributed by atoms with E-state index in [1.807, 2.05) is 45.8 Å². The van der Waals surface area contributed by atoms with Crippen molar-refractivity contribution in [2.75, 3.05) is 13.1 Å². The smallest absolute Gasteiger partial charge is 0.408 e. The number of nitrogens with zero attached hydrogens (tertiary/aromatic N) is 4. The number of carbonyl (C=O) groups excluding carboxylic acids is 2. The average molecular weight is 498 g/mol. The van der Waals surface area contributed by atoms with Crippen molar-refractivity contribution in [3.05, 3.63) is 53.4 Å². The van der Waals surface area contributed by atoms with Crippen LogP contribution in [-0.4, -0.2) is 55.5 Å². The fourth-order valence-electron chi connectivity index (χ4n) is 4.38. The van der Waals surface area contributed by atoms with Gasteiger partial charge >= 0.3 is 6.09 Å². The molecule has 0 radical (unpaired) electrons. The molecule has 1 N–H and O–H groups in total. The van der Waals surface area contributed by atoms with Gasteiger partial charge in [0.2, 0.25) is 5.91 Å². The SMILES string of the molecule is CC(C)(C)OC(=O)NC(C)(C)C(=O)N1CCC[C@H](c2cccc(-c3cnc4ccc(Cl)cn34)n2)C1. The number of carbonyl (C=O) groups is 2. The fourth-order valence-corrected chi connectivity index (χ4v) is 4.54. The minimum atomic E-state index is -1.09. The number of amides is 2. The largest absolute Gasteiger partial charge is 0.444 e. The van der Waals surface area contributed by atoms with Gasteiger partial charge in [-0.3, -0.25) is 14.2 Å². The molecule has 4 rings (SSSR count). The maximum Gasteiger partial charge on any atom is 0.408 e. The molecule has 3 aromatic rings. The number of alkyl carbamates (subject to hydrolysis) is 1. The standard InChI is InChI=1S/C26H32ClN5O3/c1-25(2,3)35-24(34)30-26(4,5)23(33)31-13-7-8-17(15-31)19-9-6-10-20(29-19)21-14-28-22-12-11-18(27)16-32(21)22/h6,9-12,14,16-17H,7-8,13,15H2,1-5H3,(H,30,34)/t17-/m0/s1. The van der Waals surface area contributed by atoms with E-state index in [2.05, 4.69) is 10.3 Å². The maximum atomic E-state index is 13.3. The summed E-state index contributed by atoms with van der Waals surface area (Å²) in [6.07, 6.45) is 4.80. The van der Waals surface area contributed by atoms with Crippen molar-refractivity contribution in [2.24, 2.45) is 0 Å². The highest BCUT2D eigenvalue weighted by Gasteiger charge is 2.37. The molecule has 2 amide bonds. The summed E-state index contributed by atoms with van der Waals surface area (Å²) in [5.41, 5.74) is 1.65. The van der Waals surface area contributed by atoms with Crippen LogP contribution in [0.1, 0.15) is 59.1 Å². The van der Waals surface area contributed by atoms with Gasteiger partial charge in [-0.2, -0.15) is 0 Å². The first-order valence-corrected chi connectivity index (χ1v) is 12.2. The molecule has 4 heterocycles. The molecule has 3 aromatic heterocycles. The first kappa shape index (κ1) is 25.0. The molecule has 186 valence electrons. The van der Waals surface area contributed by atoms with Crippen molar-refractivity contribution in [2.45, 2.75) is 64.5 Å². The van der Waals surface area contributed by atoms with Gasteiger partial charge in [0, 0.05) is 30.9 Å². The zero-order valence-corrected chi connectivity index (χ0v) is 21.6. The molecule has 1 atom stereocenters. The summed E-state index contributed by atoms with van der Waals surface area (Å²) >= 11 is 6.19. The van der Waals surface area contributed by atoms with E-state index in [4.69, 9.17) is 21.3 Å². The number of imidazole rings is 1. The van der Waals surface area contributed by atoms with Gasteiger partial charge in [-0.1, -0.05) is 17.7 Å². The van der Waals surface area contributed by atoms with Crippen LogP contribution in [0.3, 0.4) is 0 Å². The number of pyridine rings is 2. The third-order valence-corrected chi connectivity index (χ3v) is 6.20. The number of rotatable bonds is 4. The number of hydrogen-bond donors (Lipinski definition) is 1. The molecular weight excluding hydrogens is 466 g/mol. The van der Waals surface area contributed by atoms with E-state index >= 15 is 0 Å². The number of hydrogen-bond acceptors (Lipinski definition) is 5. The van der Waals surface area contributed by atoms with Crippen LogP contribution in [0.25, 0.3) is 17.0 Å². The van der Waals surface area contributed by atoms with Crippen molar-refractivity contribution >= 4 is 29.2 Å². The Morgan fingerprint density at radius 1 is 1.14 bits per heavy atom. The van der Waals surface area contributed by atoms with Crippen LogP contribution in [0.15, 0.2) is 42.7 Å². The normalized spacial score (nSPS) is 16.9. The highest BCUT2D eigenvalue weighted by molar-refractivity contribution is 6.30. The van der Waals surface area contributed by atoms with Crippen LogP contribution in [0.4, 0.5) is 4.79 Å². The molecular formula is C26H32ClN5O3. The van der Waals surface area contributed by atoms with E-state index in [-0.39, 0.29) is 11.8 Å². The van der Waals surface area contributed by atoms with Crippen molar-refractivity contribution in [3.8, 4) is 11.4 Å². The summed E-state index contributed by atoms with van der Waals surface area (Å²) in [5, 5.41) is 3.35. The minimum absolute atomic E-state index is 0.0905. The van der Waals surface area contributed by atoms with Gasteiger partial charge in [-0.25, -0.2) is 9.78 Å². The lowest BCUT2D eigenvalue weighted by atomic mass is 9.92. The Balaban J connectivity index is 1.51. The molecule has 1 aliphatic rings. The van der Waals surface area contributed by atoms with Gasteiger partial charge in [0.1, 0.15) is 16.8 Å². The summed E-state index contributed by atoms with van der Waals surface area (Å²) in [4.78, 5) is 36.8. The molecule has 0 aromatic carbocycles. The Kier molecular flexibility index (Phi) is 6.77. The lowest BCUT2D eigenvalue weighted by molar-refractivity contribution is -0.138. The third-order valence-electron chi connectivity index (χ3n) is 5.98. The molecule has 0 aliphatic carbocycles. The predicted octanol–water partition coefficient (Wildman–Crippen LogP) is 5.06. The molecule has 9 heteroatoms. The van der Waals surface area contributed by atoms with Crippen LogP contribution in [0, 0.1) is 0 Å². The van der Waals surface area contributed by atoms with Crippen LogP contribution in [0.2, 0.25) is 5.02 Å². The molecule has 1 saturated heterocycles. The first-order chi connectivity index (χ1) is 16.4. The Morgan fingerprint density at radius 2 is 1.91 bits per heavy atom. The second-order valence-electron chi connectivity index (χ2n) is 10.5. The zero-order chi connectivity index (χ0) is 25.4. The number of aromatic nitrogens is 3. The second kappa shape index (κ2) is 9.49. The second-order valence-corrected chi connectivity index (χ2v) is 10.9. The van der Waals surface area contributed by atoms with E-state index in [1.165, 1.54) is 0 Å². The number of piperidine rings is 1. The number of halogens is 1. The van der Waals surface area contributed by atoms with E-state index < -0.39 is 17.2 Å². The van der Waals surface area contributed by atoms with Crippen molar-refractivity contribution in [1.82, 2.24) is 24.6 Å². The van der Waals surface area contributed by atoms with Crippen molar-refractivity contribution in [1.29, 1.82) is 0 Å². The van der Waals surface area contributed by atoms with Gasteiger partial charge in [-0.15, -0.1) is 0 Å². The predicted molar refractivity (Wildman–Crippen MR) is 135 cm³/mol. The van der Waals surface area contributed by atoms with Crippen LogP contribution >= 0.6 is 11.6 Å². The van der Waals surface area contributed by atoms with Gasteiger partial charge in [0.15, 0.2) is 0 Å². The van der Waals surface area contributed by atoms with Crippen molar-refractivity contribution < 1.29 is 14.3 Å². The lowest BCUT2D eigenvalue weighted by Crippen LogP contribution is -2.58. The molecule has 0 spiro atoms. The molecule has 1 fully saturated rings. The molecule has 35 heavy (non-hydrogen) atoms. The van der Waals surface area contributed by atoms with Gasteiger partial charge in [0.25, 0.3) is 0 Å². The van der Waals surface area contributed by atoms with Crippen LogP contribution < -0.4 is 5.32 Å². The van der Waals surface area contributed by atoms with Crippen LogP contribution in [-0.2, 0) is 9.53 Å². The average Bonchev–Trinajstić information content (AvgIpc) is 3.20. The van der Waals surface area contributed by atoms with Gasteiger partial charge < -0.3 is 15.0 Å². The van der Waals surface area contributed by atoms with Gasteiger partial charge in [0.05, 0.1) is 22.6 Å². The zero-order valence-electron chi connectivity index (χ0n) is 20.8.